The molecule has 0 saturated carbocycles. The first-order valence-corrected chi connectivity index (χ1v) is 6.74. The smallest absolute Gasteiger partial charge is 0.327 e. The average Bonchev–Trinajstić information content (AvgIpc) is 2.54. The van der Waals surface area contributed by atoms with E-state index in [1.54, 1.807) is 19.2 Å². The van der Waals surface area contributed by atoms with E-state index in [4.69, 9.17) is 18.9 Å². The van der Waals surface area contributed by atoms with Gasteiger partial charge in [-0.25, -0.2) is 4.79 Å². The van der Waals surface area contributed by atoms with Gasteiger partial charge in [0, 0.05) is 12.1 Å². The number of hydrogen-bond donors (Lipinski definition) is 1. The maximum Gasteiger partial charge on any atom is 0.327 e. The highest BCUT2D eigenvalue weighted by atomic mass is 16.5. The zero-order chi connectivity index (χ0) is 15.8. The van der Waals surface area contributed by atoms with Crippen LogP contribution in [0.3, 0.4) is 0 Å². The Balaban J connectivity index is 3.36. The molecule has 0 aliphatic heterocycles. The molecule has 6 nitrogen and oxygen atoms in total. The Morgan fingerprint density at radius 2 is 1.67 bits per heavy atom. The number of ether oxygens (including phenoxy) is 4. The van der Waals surface area contributed by atoms with E-state index < -0.39 is 12.0 Å². The van der Waals surface area contributed by atoms with Gasteiger partial charge in [-0.2, -0.15) is 0 Å². The first-order valence-electron chi connectivity index (χ1n) is 6.74. The van der Waals surface area contributed by atoms with E-state index in [0.717, 1.165) is 6.42 Å². The molecule has 1 rings (SSSR count). The SMILES string of the molecule is CCCNC(C(=O)OC)c1c(OC)cc(OC)cc1OC. The molecule has 6 heteroatoms. The highest BCUT2D eigenvalue weighted by Gasteiger charge is 2.28. The lowest BCUT2D eigenvalue weighted by molar-refractivity contribution is -0.143. The van der Waals surface area contributed by atoms with E-state index in [2.05, 4.69) is 5.32 Å². The van der Waals surface area contributed by atoms with Crippen LogP contribution in [-0.4, -0.2) is 41.0 Å². The lowest BCUT2D eigenvalue weighted by Gasteiger charge is -2.22. The van der Waals surface area contributed by atoms with Crippen LogP contribution < -0.4 is 19.5 Å². The second-order valence-electron chi connectivity index (χ2n) is 4.36. The first-order chi connectivity index (χ1) is 10.1. The van der Waals surface area contributed by atoms with Crippen molar-refractivity contribution in [2.45, 2.75) is 19.4 Å². The first kappa shape index (κ1) is 17.1. The van der Waals surface area contributed by atoms with Crippen LogP contribution >= 0.6 is 0 Å². The number of carbonyl (C=O) groups excluding carboxylic acids is 1. The topological polar surface area (TPSA) is 66.0 Å². The van der Waals surface area contributed by atoms with Gasteiger partial charge in [0.1, 0.15) is 23.3 Å². The lowest BCUT2D eigenvalue weighted by atomic mass is 10.0. The monoisotopic (exact) mass is 297 g/mol. The van der Waals surface area contributed by atoms with E-state index in [0.29, 0.717) is 29.4 Å². The van der Waals surface area contributed by atoms with Crippen molar-refractivity contribution in [2.75, 3.05) is 35.0 Å². The molecule has 1 aromatic rings. The van der Waals surface area contributed by atoms with E-state index in [-0.39, 0.29) is 0 Å². The normalized spacial score (nSPS) is 11.7. The molecule has 21 heavy (non-hydrogen) atoms. The molecule has 0 fully saturated rings. The zero-order valence-electron chi connectivity index (χ0n) is 13.2. The fraction of sp³-hybridized carbons (Fsp3) is 0.533. The molecule has 1 N–H and O–H groups in total. The van der Waals surface area contributed by atoms with Gasteiger partial charge in [-0.1, -0.05) is 6.92 Å². The minimum absolute atomic E-state index is 0.398. The van der Waals surface area contributed by atoms with Crippen LogP contribution in [0.5, 0.6) is 17.2 Å². The van der Waals surface area contributed by atoms with Crippen molar-refractivity contribution >= 4 is 5.97 Å². The Bertz CT molecular complexity index is 450. The van der Waals surface area contributed by atoms with Crippen molar-refractivity contribution in [3.05, 3.63) is 17.7 Å². The van der Waals surface area contributed by atoms with E-state index in [1.807, 2.05) is 6.92 Å². The summed E-state index contributed by atoms with van der Waals surface area (Å²) in [6.07, 6.45) is 0.883. The van der Waals surface area contributed by atoms with E-state index in [1.165, 1.54) is 21.3 Å². The molecule has 0 radical (unpaired) electrons. The molecule has 0 saturated heterocycles. The minimum atomic E-state index is -0.661. The van der Waals surface area contributed by atoms with Crippen LogP contribution in [0.1, 0.15) is 24.9 Å². The van der Waals surface area contributed by atoms with Crippen LogP contribution in [0.4, 0.5) is 0 Å². The number of carbonyl (C=O) groups is 1. The van der Waals surface area contributed by atoms with Crippen molar-refractivity contribution < 1.29 is 23.7 Å². The highest BCUT2D eigenvalue weighted by molar-refractivity contribution is 5.80. The van der Waals surface area contributed by atoms with Crippen LogP contribution in [0.15, 0.2) is 12.1 Å². The Labute approximate surface area is 125 Å². The molecule has 0 spiro atoms. The third-order valence-electron chi connectivity index (χ3n) is 3.08. The summed E-state index contributed by atoms with van der Waals surface area (Å²) in [6, 6.07) is 2.76. The standard InChI is InChI=1S/C15H23NO5/c1-6-7-16-14(15(17)21-5)13-11(19-3)8-10(18-2)9-12(13)20-4/h8-9,14,16H,6-7H2,1-5H3. The average molecular weight is 297 g/mol. The molecular formula is C15H23NO5. The molecule has 1 atom stereocenters. The fourth-order valence-electron chi connectivity index (χ4n) is 2.03. The number of nitrogens with one attached hydrogen (secondary N) is 1. The summed E-state index contributed by atoms with van der Waals surface area (Å²) in [5, 5.41) is 3.15. The van der Waals surface area contributed by atoms with E-state index >= 15 is 0 Å². The third kappa shape index (κ3) is 4.01. The molecular weight excluding hydrogens is 274 g/mol. The summed E-state index contributed by atoms with van der Waals surface area (Å²) in [5.74, 6) is 1.20. The predicted molar refractivity (Wildman–Crippen MR) is 79.1 cm³/mol. The van der Waals surface area contributed by atoms with Gasteiger partial charge in [0.05, 0.1) is 34.0 Å². The van der Waals surface area contributed by atoms with Gasteiger partial charge >= 0.3 is 5.97 Å². The number of esters is 1. The number of rotatable bonds is 8. The zero-order valence-corrected chi connectivity index (χ0v) is 13.2. The summed E-state index contributed by atoms with van der Waals surface area (Å²) < 4.78 is 20.8. The Morgan fingerprint density at radius 1 is 1.10 bits per heavy atom. The van der Waals surface area contributed by atoms with Crippen LogP contribution in [-0.2, 0) is 9.53 Å². The molecule has 1 aromatic carbocycles. The summed E-state index contributed by atoms with van der Waals surface area (Å²) in [4.78, 5) is 12.1. The molecule has 1 unspecified atom stereocenters. The van der Waals surface area contributed by atoms with Crippen molar-refractivity contribution in [2.24, 2.45) is 0 Å². The molecule has 0 heterocycles. The minimum Gasteiger partial charge on any atom is -0.496 e. The molecule has 0 amide bonds. The summed E-state index contributed by atoms with van der Waals surface area (Å²) in [5.41, 5.74) is 0.598. The molecule has 0 bridgehead atoms. The fourth-order valence-corrected chi connectivity index (χ4v) is 2.03. The van der Waals surface area contributed by atoms with E-state index in [9.17, 15) is 4.79 Å². The highest BCUT2D eigenvalue weighted by Crippen LogP contribution is 2.38. The largest absolute Gasteiger partial charge is 0.496 e. The predicted octanol–water partition coefficient (Wildman–Crippen LogP) is 1.93. The van der Waals surface area contributed by atoms with Gasteiger partial charge in [-0.05, 0) is 13.0 Å². The summed E-state index contributed by atoms with van der Waals surface area (Å²) >= 11 is 0. The van der Waals surface area contributed by atoms with Crippen molar-refractivity contribution in [3.8, 4) is 17.2 Å². The van der Waals surface area contributed by atoms with Crippen molar-refractivity contribution in [3.63, 3.8) is 0 Å². The number of hydrogen-bond acceptors (Lipinski definition) is 6. The van der Waals surface area contributed by atoms with Crippen molar-refractivity contribution in [1.29, 1.82) is 0 Å². The van der Waals surface area contributed by atoms with Gasteiger partial charge < -0.3 is 24.3 Å². The van der Waals surface area contributed by atoms with Gasteiger partial charge in [0.25, 0.3) is 0 Å². The lowest BCUT2D eigenvalue weighted by Crippen LogP contribution is -2.31. The number of benzene rings is 1. The maximum absolute atomic E-state index is 12.1. The molecule has 0 aliphatic rings. The summed E-state index contributed by atoms with van der Waals surface area (Å²) in [7, 11) is 5.98. The number of methoxy groups -OCH3 is 4. The van der Waals surface area contributed by atoms with Gasteiger partial charge in [-0.15, -0.1) is 0 Å². The van der Waals surface area contributed by atoms with Crippen LogP contribution in [0.2, 0.25) is 0 Å². The van der Waals surface area contributed by atoms with Gasteiger partial charge in [0.15, 0.2) is 0 Å². The summed E-state index contributed by atoms with van der Waals surface area (Å²) in [6.45, 7) is 2.68. The Morgan fingerprint density at radius 3 is 2.05 bits per heavy atom. The Kier molecular flexibility index (Phi) is 6.81. The van der Waals surface area contributed by atoms with Gasteiger partial charge in [-0.3, -0.25) is 0 Å². The second kappa shape index (κ2) is 8.36. The molecule has 118 valence electrons. The molecule has 0 aliphatic carbocycles. The Hall–Kier alpha value is -1.95. The van der Waals surface area contributed by atoms with Crippen LogP contribution in [0, 0.1) is 0 Å². The third-order valence-corrected chi connectivity index (χ3v) is 3.08. The van der Waals surface area contributed by atoms with Crippen LogP contribution in [0.25, 0.3) is 0 Å². The van der Waals surface area contributed by atoms with Crippen molar-refractivity contribution in [1.82, 2.24) is 5.32 Å². The molecule has 0 aromatic heterocycles. The maximum atomic E-state index is 12.1. The second-order valence-corrected chi connectivity index (χ2v) is 4.36. The van der Waals surface area contributed by atoms with Gasteiger partial charge in [0.2, 0.25) is 0 Å². The quantitative estimate of drug-likeness (QED) is 0.740.